The van der Waals surface area contributed by atoms with Gasteiger partial charge in [0.2, 0.25) is 5.91 Å². The number of nitrogens with one attached hydrogen (secondary N) is 1. The summed E-state index contributed by atoms with van der Waals surface area (Å²) in [6.07, 6.45) is 2.05. The van der Waals surface area contributed by atoms with E-state index in [0.29, 0.717) is 31.0 Å². The lowest BCUT2D eigenvalue weighted by molar-refractivity contribution is -0.124. The average molecular weight is 294 g/mol. The minimum atomic E-state index is -0.435. The number of hydrogen-bond donors (Lipinski definition) is 2. The van der Waals surface area contributed by atoms with Crippen molar-refractivity contribution >= 4 is 11.6 Å². The van der Waals surface area contributed by atoms with E-state index in [1.807, 2.05) is 4.90 Å². The standard InChI is InChI=1S/C15H19FN2O3/c16-11-1-4-13(10(7-11)8-19)18-5-6-21-9-14(18)15(20)17-12-2-3-12/h1,4,7,12,14,19H,2-3,5-6,8-9H2,(H,17,20). The van der Waals surface area contributed by atoms with Crippen LogP contribution in [0.3, 0.4) is 0 Å². The van der Waals surface area contributed by atoms with E-state index < -0.39 is 11.9 Å². The van der Waals surface area contributed by atoms with Gasteiger partial charge in [0, 0.05) is 23.8 Å². The summed E-state index contributed by atoms with van der Waals surface area (Å²) in [5.74, 6) is -0.458. The van der Waals surface area contributed by atoms with E-state index in [9.17, 15) is 14.3 Å². The van der Waals surface area contributed by atoms with Crippen molar-refractivity contribution in [3.8, 4) is 0 Å². The zero-order valence-corrected chi connectivity index (χ0v) is 11.7. The van der Waals surface area contributed by atoms with Crippen LogP contribution in [0.2, 0.25) is 0 Å². The van der Waals surface area contributed by atoms with Crippen molar-refractivity contribution in [2.45, 2.75) is 31.5 Å². The van der Waals surface area contributed by atoms with Crippen molar-refractivity contribution in [3.63, 3.8) is 0 Å². The first-order valence-corrected chi connectivity index (χ1v) is 7.23. The number of hydrogen-bond acceptors (Lipinski definition) is 4. The van der Waals surface area contributed by atoms with Gasteiger partial charge >= 0.3 is 0 Å². The first kappa shape index (κ1) is 14.3. The third-order valence-corrected chi connectivity index (χ3v) is 3.88. The molecule has 3 rings (SSSR count). The monoisotopic (exact) mass is 294 g/mol. The molecule has 1 atom stereocenters. The van der Waals surface area contributed by atoms with Crippen LogP contribution in [-0.2, 0) is 16.1 Å². The molecule has 2 N–H and O–H groups in total. The van der Waals surface area contributed by atoms with Crippen LogP contribution >= 0.6 is 0 Å². The summed E-state index contributed by atoms with van der Waals surface area (Å²) in [6.45, 7) is 1.10. The molecule has 6 heteroatoms. The summed E-state index contributed by atoms with van der Waals surface area (Å²) in [5, 5.41) is 12.4. The van der Waals surface area contributed by atoms with Gasteiger partial charge in [0.15, 0.2) is 0 Å². The molecule has 1 amide bonds. The fraction of sp³-hybridized carbons (Fsp3) is 0.533. The van der Waals surface area contributed by atoms with E-state index in [4.69, 9.17) is 4.74 Å². The molecule has 1 saturated heterocycles. The number of aliphatic hydroxyl groups excluding tert-OH is 1. The Morgan fingerprint density at radius 2 is 2.29 bits per heavy atom. The Hall–Kier alpha value is -1.66. The van der Waals surface area contributed by atoms with Gasteiger partial charge in [0.05, 0.1) is 19.8 Å². The van der Waals surface area contributed by atoms with Gasteiger partial charge < -0.3 is 20.1 Å². The fourth-order valence-electron chi connectivity index (χ4n) is 2.60. The summed E-state index contributed by atoms with van der Waals surface area (Å²) < 4.78 is 18.7. The normalized spacial score (nSPS) is 22.2. The Morgan fingerprint density at radius 3 is 3.00 bits per heavy atom. The van der Waals surface area contributed by atoms with E-state index in [2.05, 4.69) is 5.32 Å². The van der Waals surface area contributed by atoms with Crippen molar-refractivity contribution in [1.29, 1.82) is 0 Å². The molecule has 0 aromatic heterocycles. The molecule has 5 nitrogen and oxygen atoms in total. The Labute approximate surface area is 122 Å². The molecule has 1 heterocycles. The highest BCUT2D eigenvalue weighted by Gasteiger charge is 2.34. The molecule has 0 bridgehead atoms. The third kappa shape index (κ3) is 3.16. The number of carbonyl (C=O) groups is 1. The number of carbonyl (C=O) groups excluding carboxylic acids is 1. The fourth-order valence-corrected chi connectivity index (χ4v) is 2.60. The SMILES string of the molecule is O=C(NC1CC1)C1COCCN1c1ccc(F)cc1CO. The van der Waals surface area contributed by atoms with Gasteiger partial charge in [-0.25, -0.2) is 4.39 Å². The van der Waals surface area contributed by atoms with Crippen molar-refractivity contribution < 1.29 is 19.0 Å². The maximum absolute atomic E-state index is 13.3. The molecule has 114 valence electrons. The molecule has 1 aromatic rings. The molecule has 2 fully saturated rings. The second-order valence-electron chi connectivity index (χ2n) is 5.50. The predicted molar refractivity (Wildman–Crippen MR) is 75.4 cm³/mol. The van der Waals surface area contributed by atoms with Crippen LogP contribution in [0.5, 0.6) is 0 Å². The lowest BCUT2D eigenvalue weighted by Gasteiger charge is -2.37. The molecule has 1 aromatic carbocycles. The van der Waals surface area contributed by atoms with E-state index in [-0.39, 0.29) is 18.6 Å². The molecule has 0 spiro atoms. The molecule has 1 saturated carbocycles. The van der Waals surface area contributed by atoms with Gasteiger partial charge in [-0.05, 0) is 31.0 Å². The maximum Gasteiger partial charge on any atom is 0.245 e. The quantitative estimate of drug-likeness (QED) is 0.862. The number of amides is 1. The molecule has 1 aliphatic carbocycles. The van der Waals surface area contributed by atoms with Crippen LogP contribution in [0.15, 0.2) is 18.2 Å². The molecule has 1 unspecified atom stereocenters. The Kier molecular flexibility index (Phi) is 4.07. The van der Waals surface area contributed by atoms with E-state index in [0.717, 1.165) is 12.8 Å². The highest BCUT2D eigenvalue weighted by atomic mass is 19.1. The van der Waals surface area contributed by atoms with Crippen LogP contribution in [0.25, 0.3) is 0 Å². The van der Waals surface area contributed by atoms with Crippen LogP contribution in [0.4, 0.5) is 10.1 Å². The van der Waals surface area contributed by atoms with Gasteiger partial charge in [0.1, 0.15) is 11.9 Å². The Bertz CT molecular complexity index is 534. The minimum absolute atomic E-state index is 0.0644. The van der Waals surface area contributed by atoms with Crippen LogP contribution in [0.1, 0.15) is 18.4 Å². The number of halogens is 1. The molecule has 2 aliphatic rings. The Balaban J connectivity index is 1.84. The first-order chi connectivity index (χ1) is 10.2. The lowest BCUT2D eigenvalue weighted by atomic mass is 10.1. The number of aliphatic hydroxyl groups is 1. The van der Waals surface area contributed by atoms with Crippen molar-refractivity contribution in [2.24, 2.45) is 0 Å². The number of anilines is 1. The predicted octanol–water partition coefficient (Wildman–Crippen LogP) is 0.802. The van der Waals surface area contributed by atoms with Crippen molar-refractivity contribution in [1.82, 2.24) is 5.32 Å². The van der Waals surface area contributed by atoms with E-state index in [1.165, 1.54) is 12.1 Å². The summed E-state index contributed by atoms with van der Waals surface area (Å²) in [4.78, 5) is 14.2. The van der Waals surface area contributed by atoms with Gasteiger partial charge in [-0.15, -0.1) is 0 Å². The molecular weight excluding hydrogens is 275 g/mol. The summed E-state index contributed by atoms with van der Waals surface area (Å²) in [6, 6.07) is 4.12. The second-order valence-corrected chi connectivity index (χ2v) is 5.50. The van der Waals surface area contributed by atoms with Crippen LogP contribution < -0.4 is 10.2 Å². The van der Waals surface area contributed by atoms with Gasteiger partial charge in [0.25, 0.3) is 0 Å². The second kappa shape index (κ2) is 5.99. The molecular formula is C15H19FN2O3. The molecule has 21 heavy (non-hydrogen) atoms. The number of nitrogens with zero attached hydrogens (tertiary/aromatic N) is 1. The zero-order valence-electron chi connectivity index (χ0n) is 11.7. The Morgan fingerprint density at radius 1 is 1.48 bits per heavy atom. The van der Waals surface area contributed by atoms with Crippen molar-refractivity contribution in [2.75, 3.05) is 24.7 Å². The maximum atomic E-state index is 13.3. The number of ether oxygens (including phenoxy) is 1. The average Bonchev–Trinajstić information content (AvgIpc) is 3.31. The van der Waals surface area contributed by atoms with E-state index >= 15 is 0 Å². The number of benzene rings is 1. The topological polar surface area (TPSA) is 61.8 Å². The first-order valence-electron chi connectivity index (χ1n) is 7.23. The van der Waals surface area contributed by atoms with Crippen molar-refractivity contribution in [3.05, 3.63) is 29.6 Å². The number of morpholine rings is 1. The number of rotatable bonds is 4. The zero-order chi connectivity index (χ0) is 14.8. The highest BCUT2D eigenvalue weighted by Crippen LogP contribution is 2.26. The third-order valence-electron chi connectivity index (χ3n) is 3.88. The van der Waals surface area contributed by atoms with Gasteiger partial charge in [-0.2, -0.15) is 0 Å². The van der Waals surface area contributed by atoms with Crippen LogP contribution in [-0.4, -0.2) is 42.9 Å². The summed E-state index contributed by atoms with van der Waals surface area (Å²) in [5.41, 5.74) is 1.18. The van der Waals surface area contributed by atoms with Gasteiger partial charge in [-0.1, -0.05) is 0 Å². The highest BCUT2D eigenvalue weighted by molar-refractivity contribution is 5.86. The van der Waals surface area contributed by atoms with Crippen LogP contribution in [0, 0.1) is 5.82 Å². The largest absolute Gasteiger partial charge is 0.392 e. The minimum Gasteiger partial charge on any atom is -0.392 e. The lowest BCUT2D eigenvalue weighted by Crippen LogP contribution is -2.54. The summed E-state index contributed by atoms with van der Waals surface area (Å²) in [7, 11) is 0. The summed E-state index contributed by atoms with van der Waals surface area (Å²) >= 11 is 0. The molecule has 0 radical (unpaired) electrons. The van der Waals surface area contributed by atoms with Gasteiger partial charge in [-0.3, -0.25) is 4.79 Å². The van der Waals surface area contributed by atoms with E-state index in [1.54, 1.807) is 6.07 Å². The smallest absolute Gasteiger partial charge is 0.245 e. The molecule has 1 aliphatic heterocycles.